The van der Waals surface area contributed by atoms with Crippen LogP contribution in [0.3, 0.4) is 0 Å². The minimum atomic E-state index is 0.197. The number of furan rings is 1. The highest BCUT2D eigenvalue weighted by molar-refractivity contribution is 5.32. The number of nitrogens with one attached hydrogen (secondary N) is 1. The van der Waals surface area contributed by atoms with Crippen LogP contribution < -0.4 is 5.32 Å². The fraction of sp³-hybridized carbons (Fsp3) is 0.467. The maximum absolute atomic E-state index is 5.57. The van der Waals surface area contributed by atoms with Crippen molar-refractivity contribution in [2.24, 2.45) is 0 Å². The maximum Gasteiger partial charge on any atom is 0.144 e. The minimum absolute atomic E-state index is 0.197. The van der Waals surface area contributed by atoms with Gasteiger partial charge in [-0.25, -0.2) is 4.98 Å². The van der Waals surface area contributed by atoms with Crippen molar-refractivity contribution in [3.8, 4) is 0 Å². The maximum atomic E-state index is 5.57. The minimum Gasteiger partial charge on any atom is -0.468 e. The van der Waals surface area contributed by atoms with Crippen LogP contribution in [0.5, 0.6) is 0 Å². The van der Waals surface area contributed by atoms with Gasteiger partial charge in [-0.05, 0) is 32.1 Å². The van der Waals surface area contributed by atoms with Gasteiger partial charge in [0.1, 0.15) is 11.6 Å². The standard InChI is InChI=1S/C15H22N4O/c1-4-19(5-2)13(14-7-6-8-20-14)10-17-15-11-16-9-12(3)18-15/h6-9,11,13H,4-5,10H2,1-3H3,(H,17,18). The van der Waals surface area contributed by atoms with Crippen molar-refractivity contribution in [2.75, 3.05) is 25.0 Å². The third-order valence-electron chi connectivity index (χ3n) is 3.36. The fourth-order valence-corrected chi connectivity index (χ4v) is 2.30. The van der Waals surface area contributed by atoms with E-state index in [1.54, 1.807) is 18.7 Å². The van der Waals surface area contributed by atoms with Crippen LogP contribution in [0.4, 0.5) is 5.82 Å². The van der Waals surface area contributed by atoms with E-state index in [1.807, 2.05) is 19.1 Å². The van der Waals surface area contributed by atoms with E-state index < -0.39 is 0 Å². The Labute approximate surface area is 120 Å². The van der Waals surface area contributed by atoms with Gasteiger partial charge in [-0.1, -0.05) is 13.8 Å². The lowest BCUT2D eigenvalue weighted by Gasteiger charge is -2.28. The molecule has 1 unspecified atom stereocenters. The monoisotopic (exact) mass is 274 g/mol. The molecule has 1 atom stereocenters. The second kappa shape index (κ2) is 7.05. The number of nitrogens with zero attached hydrogens (tertiary/aromatic N) is 3. The highest BCUT2D eigenvalue weighted by Crippen LogP contribution is 2.21. The Morgan fingerprint density at radius 2 is 2.10 bits per heavy atom. The number of likely N-dealkylation sites (N-methyl/N-ethyl adjacent to an activating group) is 1. The third-order valence-corrected chi connectivity index (χ3v) is 3.36. The van der Waals surface area contributed by atoms with Crippen molar-refractivity contribution in [3.05, 3.63) is 42.2 Å². The highest BCUT2D eigenvalue weighted by Gasteiger charge is 2.20. The molecule has 5 heteroatoms. The van der Waals surface area contributed by atoms with Gasteiger partial charge in [0.2, 0.25) is 0 Å². The van der Waals surface area contributed by atoms with Gasteiger partial charge in [0, 0.05) is 12.7 Å². The average Bonchev–Trinajstić information content (AvgIpc) is 2.97. The second-order valence-electron chi connectivity index (χ2n) is 4.68. The Bertz CT molecular complexity index is 508. The summed E-state index contributed by atoms with van der Waals surface area (Å²) in [5.74, 6) is 1.77. The Morgan fingerprint density at radius 1 is 1.30 bits per heavy atom. The summed E-state index contributed by atoms with van der Waals surface area (Å²) in [7, 11) is 0. The summed E-state index contributed by atoms with van der Waals surface area (Å²) in [6, 6.07) is 4.15. The summed E-state index contributed by atoms with van der Waals surface area (Å²) in [4.78, 5) is 10.9. The normalized spacial score (nSPS) is 12.6. The van der Waals surface area contributed by atoms with E-state index in [9.17, 15) is 0 Å². The number of rotatable bonds is 7. The summed E-state index contributed by atoms with van der Waals surface area (Å²) in [6.45, 7) is 8.95. The number of aryl methyl sites for hydroxylation is 1. The molecular formula is C15H22N4O. The van der Waals surface area contributed by atoms with Crippen molar-refractivity contribution in [2.45, 2.75) is 26.8 Å². The molecule has 0 aliphatic carbocycles. The summed E-state index contributed by atoms with van der Waals surface area (Å²) in [6.07, 6.45) is 5.21. The van der Waals surface area contributed by atoms with Crippen LogP contribution in [0.2, 0.25) is 0 Å². The molecule has 0 radical (unpaired) electrons. The SMILES string of the molecule is CCN(CC)C(CNc1cncc(C)n1)c1ccco1. The van der Waals surface area contributed by atoms with Crippen LogP contribution >= 0.6 is 0 Å². The van der Waals surface area contributed by atoms with Gasteiger partial charge in [0.05, 0.1) is 24.2 Å². The molecule has 0 saturated carbocycles. The van der Waals surface area contributed by atoms with Gasteiger partial charge in [-0.3, -0.25) is 9.88 Å². The quantitative estimate of drug-likeness (QED) is 0.841. The van der Waals surface area contributed by atoms with Crippen molar-refractivity contribution in [3.63, 3.8) is 0 Å². The van der Waals surface area contributed by atoms with Crippen LogP contribution in [0.25, 0.3) is 0 Å². The smallest absolute Gasteiger partial charge is 0.144 e. The number of anilines is 1. The first kappa shape index (κ1) is 14.5. The van der Waals surface area contributed by atoms with E-state index in [2.05, 4.69) is 34.0 Å². The van der Waals surface area contributed by atoms with Gasteiger partial charge in [-0.2, -0.15) is 0 Å². The summed E-state index contributed by atoms with van der Waals surface area (Å²) in [5.41, 5.74) is 0.910. The van der Waals surface area contributed by atoms with Gasteiger partial charge < -0.3 is 9.73 Å². The predicted octanol–water partition coefficient (Wildman–Crippen LogP) is 2.87. The Balaban J connectivity index is 2.08. The second-order valence-corrected chi connectivity index (χ2v) is 4.68. The van der Waals surface area contributed by atoms with Gasteiger partial charge in [0.15, 0.2) is 0 Å². The van der Waals surface area contributed by atoms with Crippen LogP contribution in [-0.2, 0) is 0 Å². The summed E-state index contributed by atoms with van der Waals surface area (Å²) in [5, 5.41) is 3.35. The Hall–Kier alpha value is -1.88. The number of hydrogen-bond donors (Lipinski definition) is 1. The first-order valence-electron chi connectivity index (χ1n) is 7.04. The zero-order valence-corrected chi connectivity index (χ0v) is 12.3. The topological polar surface area (TPSA) is 54.2 Å². The third kappa shape index (κ3) is 3.57. The van der Waals surface area contributed by atoms with E-state index in [1.165, 1.54) is 0 Å². The molecule has 0 fully saturated rings. The van der Waals surface area contributed by atoms with Gasteiger partial charge >= 0.3 is 0 Å². The molecule has 1 N–H and O–H groups in total. The van der Waals surface area contributed by atoms with E-state index in [0.717, 1.165) is 36.9 Å². The molecule has 0 bridgehead atoms. The predicted molar refractivity (Wildman–Crippen MR) is 79.6 cm³/mol. The Kier molecular flexibility index (Phi) is 5.12. The van der Waals surface area contributed by atoms with E-state index in [-0.39, 0.29) is 6.04 Å². The van der Waals surface area contributed by atoms with Crippen LogP contribution in [-0.4, -0.2) is 34.5 Å². The molecule has 0 amide bonds. The Morgan fingerprint density at radius 3 is 2.70 bits per heavy atom. The molecule has 108 valence electrons. The van der Waals surface area contributed by atoms with E-state index >= 15 is 0 Å². The molecule has 2 rings (SSSR count). The first-order chi connectivity index (χ1) is 9.74. The molecule has 20 heavy (non-hydrogen) atoms. The van der Waals surface area contributed by atoms with Crippen molar-refractivity contribution in [1.29, 1.82) is 0 Å². The molecular weight excluding hydrogens is 252 g/mol. The molecule has 0 saturated heterocycles. The zero-order chi connectivity index (χ0) is 14.4. The molecule has 0 aliphatic rings. The van der Waals surface area contributed by atoms with E-state index in [4.69, 9.17) is 4.42 Å². The van der Waals surface area contributed by atoms with Crippen molar-refractivity contribution >= 4 is 5.82 Å². The van der Waals surface area contributed by atoms with Crippen molar-refractivity contribution in [1.82, 2.24) is 14.9 Å². The highest BCUT2D eigenvalue weighted by atomic mass is 16.3. The lowest BCUT2D eigenvalue weighted by Crippen LogP contribution is -2.33. The molecule has 2 aromatic heterocycles. The van der Waals surface area contributed by atoms with Gasteiger partial charge in [0.25, 0.3) is 0 Å². The first-order valence-corrected chi connectivity index (χ1v) is 7.04. The molecule has 5 nitrogen and oxygen atoms in total. The van der Waals surface area contributed by atoms with Gasteiger partial charge in [-0.15, -0.1) is 0 Å². The van der Waals surface area contributed by atoms with Crippen LogP contribution in [0.15, 0.2) is 35.2 Å². The molecule has 2 aromatic rings. The largest absolute Gasteiger partial charge is 0.468 e. The molecule has 0 aromatic carbocycles. The summed E-state index contributed by atoms with van der Waals surface area (Å²) >= 11 is 0. The van der Waals surface area contributed by atoms with E-state index in [0.29, 0.717) is 0 Å². The number of aromatic nitrogens is 2. The average molecular weight is 274 g/mol. The number of hydrogen-bond acceptors (Lipinski definition) is 5. The summed E-state index contributed by atoms with van der Waals surface area (Å²) < 4.78 is 5.57. The lowest BCUT2D eigenvalue weighted by molar-refractivity contribution is 0.202. The lowest BCUT2D eigenvalue weighted by atomic mass is 10.2. The fourth-order valence-electron chi connectivity index (χ4n) is 2.30. The molecule has 0 spiro atoms. The van der Waals surface area contributed by atoms with Crippen LogP contribution in [0.1, 0.15) is 31.3 Å². The van der Waals surface area contributed by atoms with Crippen LogP contribution in [0, 0.1) is 6.92 Å². The molecule has 2 heterocycles. The van der Waals surface area contributed by atoms with Crippen molar-refractivity contribution < 1.29 is 4.42 Å². The zero-order valence-electron chi connectivity index (χ0n) is 12.3. The molecule has 0 aliphatic heterocycles.